The number of halogens is 1. The Morgan fingerprint density at radius 2 is 2.36 bits per heavy atom. The minimum absolute atomic E-state index is 0.222. The Morgan fingerprint density at radius 1 is 1.73 bits per heavy atom. The molecule has 11 heavy (non-hydrogen) atoms. The van der Waals surface area contributed by atoms with Gasteiger partial charge in [-0.3, -0.25) is 9.78 Å². The summed E-state index contributed by atoms with van der Waals surface area (Å²) in [6.45, 7) is 0. The maximum Gasteiger partial charge on any atom is 0.208 e. The van der Waals surface area contributed by atoms with Crippen molar-refractivity contribution < 1.29 is 4.79 Å². The Kier molecular flexibility index (Phi) is 5.86. The highest BCUT2D eigenvalue weighted by Gasteiger charge is 1.80. The highest BCUT2D eigenvalue weighted by molar-refractivity contribution is 6.54. The second-order valence-corrected chi connectivity index (χ2v) is 1.62. The van der Waals surface area contributed by atoms with Crippen LogP contribution in [0.4, 0.5) is 0 Å². The lowest BCUT2D eigenvalue weighted by Gasteiger charge is -1.79. The molecule has 0 aliphatic heterocycles. The average Bonchev–Trinajstić information content (AvgIpc) is 2.08. The summed E-state index contributed by atoms with van der Waals surface area (Å²) in [5.74, 6) is 0.222. The summed E-state index contributed by atoms with van der Waals surface area (Å²) in [6, 6.07) is 5.41. The lowest BCUT2D eigenvalue weighted by molar-refractivity contribution is 0.569. The molecule has 1 rings (SSSR count). The second-order valence-electron chi connectivity index (χ2n) is 1.44. The molecular weight excluding hydrogens is 164 g/mol. The standard InChI is InChI=1S/C6H4N2.CHClO/c7-4-6-2-1-3-8-5-6;2-1-3/h1-3,5H;1H. The Bertz CT molecular complexity index is 242. The number of rotatable bonds is 0. The first kappa shape index (κ1) is 9.60. The van der Waals surface area contributed by atoms with E-state index in [1.807, 2.05) is 6.07 Å². The first-order valence-corrected chi connectivity index (χ1v) is 3.12. The van der Waals surface area contributed by atoms with Gasteiger partial charge in [0.2, 0.25) is 5.75 Å². The van der Waals surface area contributed by atoms with E-state index >= 15 is 0 Å². The average molecular weight is 169 g/mol. The van der Waals surface area contributed by atoms with E-state index in [2.05, 4.69) is 16.6 Å². The number of carbonyl (C=O) groups excluding carboxylic acids is 1. The van der Waals surface area contributed by atoms with Crippen LogP contribution in [-0.4, -0.2) is 10.7 Å². The Balaban J connectivity index is 0.000000292. The van der Waals surface area contributed by atoms with E-state index in [1.54, 1.807) is 18.3 Å². The van der Waals surface area contributed by atoms with Crippen LogP contribution in [0.25, 0.3) is 0 Å². The summed E-state index contributed by atoms with van der Waals surface area (Å²) in [7, 11) is 0. The first-order chi connectivity index (χ1) is 5.35. The van der Waals surface area contributed by atoms with Crippen LogP contribution in [0.2, 0.25) is 0 Å². The summed E-state index contributed by atoms with van der Waals surface area (Å²) in [4.78, 5) is 12.3. The molecule has 0 N–H and O–H groups in total. The third-order valence-electron chi connectivity index (χ3n) is 0.791. The number of aromatic nitrogens is 1. The topological polar surface area (TPSA) is 53.8 Å². The maximum atomic E-state index is 8.57. The van der Waals surface area contributed by atoms with Crippen LogP contribution < -0.4 is 0 Å². The summed E-state index contributed by atoms with van der Waals surface area (Å²) in [5.41, 5.74) is 0.604. The van der Waals surface area contributed by atoms with Crippen molar-refractivity contribution in [1.29, 1.82) is 5.26 Å². The van der Waals surface area contributed by atoms with Gasteiger partial charge >= 0.3 is 0 Å². The molecule has 0 spiro atoms. The quantitative estimate of drug-likeness (QED) is 0.434. The van der Waals surface area contributed by atoms with E-state index in [0.29, 0.717) is 5.56 Å². The third-order valence-corrected chi connectivity index (χ3v) is 0.791. The Hall–Kier alpha value is -1.40. The summed E-state index contributed by atoms with van der Waals surface area (Å²) >= 11 is 4.32. The molecule has 0 saturated carbocycles. The van der Waals surface area contributed by atoms with Gasteiger partial charge in [0.05, 0.1) is 5.56 Å². The van der Waals surface area contributed by atoms with Crippen LogP contribution in [0.5, 0.6) is 0 Å². The zero-order valence-corrected chi connectivity index (χ0v) is 6.32. The molecule has 0 bridgehead atoms. The van der Waals surface area contributed by atoms with Gasteiger partial charge < -0.3 is 0 Å². The Morgan fingerprint density at radius 3 is 2.64 bits per heavy atom. The molecule has 0 aromatic carbocycles. The molecule has 0 amide bonds. The molecule has 0 fully saturated rings. The van der Waals surface area contributed by atoms with Crippen LogP contribution >= 0.6 is 11.6 Å². The largest absolute Gasteiger partial charge is 0.285 e. The van der Waals surface area contributed by atoms with E-state index in [4.69, 9.17) is 10.1 Å². The van der Waals surface area contributed by atoms with Gasteiger partial charge in [-0.25, -0.2) is 0 Å². The van der Waals surface area contributed by atoms with E-state index in [-0.39, 0.29) is 5.75 Å². The Labute approximate surface area is 69.2 Å². The molecule has 0 saturated heterocycles. The van der Waals surface area contributed by atoms with Crippen molar-refractivity contribution in [2.75, 3.05) is 0 Å². The summed E-state index contributed by atoms with van der Waals surface area (Å²) < 4.78 is 0. The van der Waals surface area contributed by atoms with Gasteiger partial charge in [-0.2, -0.15) is 5.26 Å². The van der Waals surface area contributed by atoms with Gasteiger partial charge in [0.25, 0.3) is 0 Å². The predicted molar refractivity (Wildman–Crippen MR) is 41.6 cm³/mol. The van der Waals surface area contributed by atoms with Gasteiger partial charge in [-0.1, -0.05) is 0 Å². The van der Waals surface area contributed by atoms with E-state index < -0.39 is 0 Å². The highest BCUT2D eigenvalue weighted by atomic mass is 35.5. The van der Waals surface area contributed by atoms with Crippen molar-refractivity contribution in [1.82, 2.24) is 4.98 Å². The van der Waals surface area contributed by atoms with Crippen LogP contribution in [0.1, 0.15) is 5.56 Å². The number of hydrogen-bond donors (Lipinski definition) is 0. The molecule has 0 unspecified atom stereocenters. The fourth-order valence-corrected chi connectivity index (χ4v) is 0.429. The van der Waals surface area contributed by atoms with Gasteiger partial charge in [0.15, 0.2) is 0 Å². The van der Waals surface area contributed by atoms with E-state index in [9.17, 15) is 0 Å². The first-order valence-electron chi connectivity index (χ1n) is 2.69. The highest BCUT2D eigenvalue weighted by Crippen LogP contribution is 1.89. The van der Waals surface area contributed by atoms with Crippen LogP contribution in [-0.2, 0) is 4.79 Å². The zero-order valence-electron chi connectivity index (χ0n) is 5.57. The molecule has 56 valence electrons. The lowest BCUT2D eigenvalue weighted by atomic mass is 10.3. The smallest absolute Gasteiger partial charge is 0.208 e. The SMILES string of the molecule is N#Cc1cccnc1.O=CCl. The van der Waals surface area contributed by atoms with Crippen molar-refractivity contribution in [2.45, 2.75) is 0 Å². The molecule has 0 aliphatic rings. The molecular formula is C7H5ClN2O. The molecule has 1 aromatic heterocycles. The molecule has 1 heterocycles. The molecule has 0 aliphatic carbocycles. The summed E-state index contributed by atoms with van der Waals surface area (Å²) in [5, 5.41) is 8.25. The van der Waals surface area contributed by atoms with Crippen molar-refractivity contribution in [3.63, 3.8) is 0 Å². The van der Waals surface area contributed by atoms with Crippen LogP contribution in [0.15, 0.2) is 24.5 Å². The zero-order chi connectivity index (χ0) is 8.53. The van der Waals surface area contributed by atoms with Gasteiger partial charge in [-0.05, 0) is 23.7 Å². The molecule has 1 aromatic rings. The third kappa shape index (κ3) is 5.07. The number of carbonyl (C=O) groups is 1. The number of hydrogen-bond acceptors (Lipinski definition) is 3. The number of pyridine rings is 1. The van der Waals surface area contributed by atoms with Crippen molar-refractivity contribution in [3.05, 3.63) is 30.1 Å². The minimum Gasteiger partial charge on any atom is -0.285 e. The predicted octanol–water partition coefficient (Wildman–Crippen LogP) is 1.37. The lowest BCUT2D eigenvalue weighted by Crippen LogP contribution is -1.72. The fourth-order valence-electron chi connectivity index (χ4n) is 0.429. The minimum atomic E-state index is 0.222. The second kappa shape index (κ2) is 6.72. The molecule has 3 nitrogen and oxygen atoms in total. The maximum absolute atomic E-state index is 8.57. The van der Waals surface area contributed by atoms with Crippen LogP contribution in [0.3, 0.4) is 0 Å². The van der Waals surface area contributed by atoms with Gasteiger partial charge in [0.1, 0.15) is 6.07 Å². The fraction of sp³-hybridized carbons (Fsp3) is 0. The van der Waals surface area contributed by atoms with Crippen molar-refractivity contribution in [3.8, 4) is 6.07 Å². The number of nitrogens with zero attached hydrogens (tertiary/aromatic N) is 2. The van der Waals surface area contributed by atoms with Gasteiger partial charge in [-0.15, -0.1) is 0 Å². The van der Waals surface area contributed by atoms with E-state index in [1.165, 1.54) is 6.20 Å². The van der Waals surface area contributed by atoms with Gasteiger partial charge in [0, 0.05) is 12.4 Å². The monoisotopic (exact) mass is 168 g/mol. The molecule has 4 heteroatoms. The van der Waals surface area contributed by atoms with Crippen molar-refractivity contribution in [2.24, 2.45) is 0 Å². The molecule has 0 atom stereocenters. The van der Waals surface area contributed by atoms with Crippen LogP contribution in [0, 0.1) is 11.3 Å². The normalized spacial score (nSPS) is 6.91. The number of nitriles is 1. The van der Waals surface area contributed by atoms with Crippen molar-refractivity contribution >= 4 is 17.3 Å². The van der Waals surface area contributed by atoms with E-state index in [0.717, 1.165) is 0 Å². The molecule has 0 radical (unpaired) electrons. The summed E-state index contributed by atoms with van der Waals surface area (Å²) in [6.07, 6.45) is 3.17.